The summed E-state index contributed by atoms with van der Waals surface area (Å²) in [5, 5.41) is -0.0800. The predicted molar refractivity (Wildman–Crippen MR) is 82.0 cm³/mol. The summed E-state index contributed by atoms with van der Waals surface area (Å²) in [6.07, 6.45) is 1.28. The van der Waals surface area contributed by atoms with Crippen molar-refractivity contribution in [2.24, 2.45) is 5.92 Å². The molecule has 2 unspecified atom stereocenters. The van der Waals surface area contributed by atoms with E-state index >= 15 is 0 Å². The van der Waals surface area contributed by atoms with Crippen LogP contribution in [0.4, 0.5) is 0 Å². The van der Waals surface area contributed by atoms with Crippen LogP contribution in [0.25, 0.3) is 11.2 Å². The number of aryl methyl sites for hydroxylation is 1. The smallest absolute Gasteiger partial charge is 0.160 e. The Kier molecular flexibility index (Phi) is 3.72. The molecule has 1 aliphatic rings. The van der Waals surface area contributed by atoms with Crippen LogP contribution >= 0.6 is 23.4 Å². The number of nitrogens with zero attached hydrogens (tertiary/aromatic N) is 3. The van der Waals surface area contributed by atoms with Crippen molar-refractivity contribution in [3.63, 3.8) is 0 Å². The highest BCUT2D eigenvalue weighted by Gasteiger charge is 2.21. The normalized spacial score (nSPS) is 21.1. The maximum absolute atomic E-state index is 6.29. The monoisotopic (exact) mass is 295 g/mol. The van der Waals surface area contributed by atoms with Crippen LogP contribution < -0.4 is 0 Å². The van der Waals surface area contributed by atoms with Crippen molar-refractivity contribution in [3.8, 4) is 0 Å². The Morgan fingerprint density at radius 1 is 1.47 bits per heavy atom. The Morgan fingerprint density at radius 3 is 3.00 bits per heavy atom. The molecule has 3 rings (SSSR count). The third-order valence-corrected chi connectivity index (χ3v) is 5.01. The van der Waals surface area contributed by atoms with Gasteiger partial charge in [-0.3, -0.25) is 0 Å². The number of imidazole rings is 1. The molecule has 2 aromatic heterocycles. The Labute approximate surface area is 122 Å². The topological polar surface area (TPSA) is 30.7 Å². The van der Waals surface area contributed by atoms with Gasteiger partial charge in [-0.15, -0.1) is 11.6 Å². The predicted octanol–water partition coefficient (Wildman–Crippen LogP) is 3.79. The van der Waals surface area contributed by atoms with E-state index in [0.29, 0.717) is 0 Å². The summed E-state index contributed by atoms with van der Waals surface area (Å²) in [6, 6.07) is 4.05. The van der Waals surface area contributed by atoms with Gasteiger partial charge in [0.05, 0.1) is 5.38 Å². The minimum Gasteiger partial charge on any atom is -0.311 e. The molecule has 0 spiro atoms. The number of thioether (sulfide) groups is 1. The number of hydrogen-bond acceptors (Lipinski definition) is 3. The highest BCUT2D eigenvalue weighted by Crippen LogP contribution is 2.29. The lowest BCUT2D eigenvalue weighted by Gasteiger charge is -2.14. The van der Waals surface area contributed by atoms with E-state index in [-0.39, 0.29) is 5.38 Å². The molecule has 0 saturated carbocycles. The van der Waals surface area contributed by atoms with Gasteiger partial charge in [-0.25, -0.2) is 9.97 Å². The van der Waals surface area contributed by atoms with Crippen molar-refractivity contribution in [1.82, 2.24) is 14.5 Å². The highest BCUT2D eigenvalue weighted by molar-refractivity contribution is 7.99. The van der Waals surface area contributed by atoms with E-state index in [9.17, 15) is 0 Å². The van der Waals surface area contributed by atoms with Crippen molar-refractivity contribution >= 4 is 34.5 Å². The number of pyridine rings is 1. The number of hydrogen-bond donors (Lipinski definition) is 0. The molecule has 19 heavy (non-hydrogen) atoms. The van der Waals surface area contributed by atoms with Crippen molar-refractivity contribution in [2.45, 2.75) is 32.2 Å². The van der Waals surface area contributed by atoms with Crippen LogP contribution in [-0.4, -0.2) is 26.0 Å². The van der Waals surface area contributed by atoms with E-state index in [1.807, 2.05) is 37.7 Å². The molecule has 0 aliphatic carbocycles. The van der Waals surface area contributed by atoms with Gasteiger partial charge in [0, 0.05) is 12.2 Å². The third kappa shape index (κ3) is 2.61. The zero-order valence-electron chi connectivity index (χ0n) is 11.3. The summed E-state index contributed by atoms with van der Waals surface area (Å²) in [5.41, 5.74) is 2.97. The van der Waals surface area contributed by atoms with Crippen LogP contribution in [0.3, 0.4) is 0 Å². The van der Waals surface area contributed by atoms with Gasteiger partial charge in [0.15, 0.2) is 5.65 Å². The lowest BCUT2D eigenvalue weighted by molar-refractivity contribution is 0.486. The first-order valence-electron chi connectivity index (χ1n) is 6.70. The second-order valence-corrected chi connectivity index (χ2v) is 7.03. The zero-order valence-corrected chi connectivity index (χ0v) is 12.8. The molecule has 0 N–H and O–H groups in total. The number of halogens is 1. The number of fused-ring (bicyclic) bond motifs is 1. The molecule has 0 radical (unpaired) electrons. The van der Waals surface area contributed by atoms with Crippen molar-refractivity contribution < 1.29 is 0 Å². The molecule has 0 aromatic carbocycles. The zero-order chi connectivity index (χ0) is 13.4. The second-order valence-electron chi connectivity index (χ2n) is 5.22. The van der Waals surface area contributed by atoms with E-state index in [1.165, 1.54) is 17.9 Å². The molecule has 3 heterocycles. The summed E-state index contributed by atoms with van der Waals surface area (Å²) in [5.74, 6) is 4.18. The van der Waals surface area contributed by atoms with Crippen molar-refractivity contribution in [1.29, 1.82) is 0 Å². The Balaban J connectivity index is 2.06. The first-order chi connectivity index (χ1) is 9.15. The van der Waals surface area contributed by atoms with E-state index < -0.39 is 0 Å². The Bertz CT molecular complexity index is 588. The lowest BCUT2D eigenvalue weighted by atomic mass is 10.1. The summed E-state index contributed by atoms with van der Waals surface area (Å²) < 4.78 is 2.23. The molecular formula is C14H18ClN3S. The Morgan fingerprint density at radius 2 is 2.32 bits per heavy atom. The van der Waals surface area contributed by atoms with Crippen LogP contribution in [0.1, 0.15) is 30.2 Å². The lowest BCUT2D eigenvalue weighted by Crippen LogP contribution is -2.13. The van der Waals surface area contributed by atoms with Crippen LogP contribution in [0.5, 0.6) is 0 Å². The fourth-order valence-corrected chi connectivity index (χ4v) is 4.02. The molecule has 102 valence electrons. The van der Waals surface area contributed by atoms with Gasteiger partial charge in [0.1, 0.15) is 11.3 Å². The second kappa shape index (κ2) is 5.33. The average molecular weight is 296 g/mol. The summed E-state index contributed by atoms with van der Waals surface area (Å²) in [6.45, 7) is 4.99. The maximum Gasteiger partial charge on any atom is 0.160 e. The van der Waals surface area contributed by atoms with Crippen molar-refractivity contribution in [3.05, 3.63) is 23.7 Å². The van der Waals surface area contributed by atoms with Gasteiger partial charge in [-0.05, 0) is 49.8 Å². The average Bonchev–Trinajstić information content (AvgIpc) is 2.98. The standard InChI is InChI=1S/C14H18ClN3S/c1-9-3-4-12-14(16-9)18(13(17-12)10(2)15)7-11-5-6-19-8-11/h3-4,10-11H,5-8H2,1-2H3. The molecule has 1 fully saturated rings. The molecular weight excluding hydrogens is 278 g/mol. The van der Waals surface area contributed by atoms with Crippen LogP contribution in [0, 0.1) is 12.8 Å². The largest absolute Gasteiger partial charge is 0.311 e. The van der Waals surface area contributed by atoms with Gasteiger partial charge in [0.2, 0.25) is 0 Å². The number of alkyl halides is 1. The first kappa shape index (κ1) is 13.3. The third-order valence-electron chi connectivity index (χ3n) is 3.58. The molecule has 5 heteroatoms. The van der Waals surface area contributed by atoms with E-state index in [0.717, 1.165) is 35.1 Å². The molecule has 0 amide bonds. The molecule has 1 saturated heterocycles. The maximum atomic E-state index is 6.29. The molecule has 3 nitrogen and oxygen atoms in total. The molecule has 1 aliphatic heterocycles. The first-order valence-corrected chi connectivity index (χ1v) is 8.30. The summed E-state index contributed by atoms with van der Waals surface area (Å²) >= 11 is 8.33. The molecule has 2 atom stereocenters. The Hall–Kier alpha value is -0.740. The van der Waals surface area contributed by atoms with Crippen LogP contribution in [0.2, 0.25) is 0 Å². The fraction of sp³-hybridized carbons (Fsp3) is 0.571. The number of rotatable bonds is 3. The van der Waals surface area contributed by atoms with Crippen molar-refractivity contribution in [2.75, 3.05) is 11.5 Å². The summed E-state index contributed by atoms with van der Waals surface area (Å²) in [4.78, 5) is 9.31. The fourth-order valence-electron chi connectivity index (χ4n) is 2.58. The van der Waals surface area contributed by atoms with Crippen LogP contribution in [-0.2, 0) is 6.54 Å². The minimum absolute atomic E-state index is 0.0800. The van der Waals surface area contributed by atoms with E-state index in [4.69, 9.17) is 11.6 Å². The number of aromatic nitrogens is 3. The van der Waals surface area contributed by atoms with Crippen LogP contribution in [0.15, 0.2) is 12.1 Å². The quantitative estimate of drug-likeness (QED) is 0.807. The summed E-state index contributed by atoms with van der Waals surface area (Å²) in [7, 11) is 0. The molecule has 2 aromatic rings. The van der Waals surface area contributed by atoms with Gasteiger partial charge >= 0.3 is 0 Å². The van der Waals surface area contributed by atoms with E-state index in [2.05, 4.69) is 14.5 Å². The van der Waals surface area contributed by atoms with Gasteiger partial charge in [0.25, 0.3) is 0 Å². The highest BCUT2D eigenvalue weighted by atomic mass is 35.5. The van der Waals surface area contributed by atoms with Gasteiger partial charge < -0.3 is 4.57 Å². The van der Waals surface area contributed by atoms with Gasteiger partial charge in [-0.2, -0.15) is 11.8 Å². The minimum atomic E-state index is -0.0800. The molecule has 0 bridgehead atoms. The SMILES string of the molecule is Cc1ccc2nc(C(C)Cl)n(CC3CCSC3)c2n1. The van der Waals surface area contributed by atoms with E-state index in [1.54, 1.807) is 0 Å². The van der Waals surface area contributed by atoms with Gasteiger partial charge in [-0.1, -0.05) is 0 Å².